The van der Waals surface area contributed by atoms with Crippen molar-refractivity contribution in [2.24, 2.45) is 5.92 Å². The Labute approximate surface area is 168 Å². The minimum atomic E-state index is -0.362. The topological polar surface area (TPSA) is 62.3 Å². The Bertz CT molecular complexity index is 963. The largest absolute Gasteiger partial charge is 0.312 e. The van der Waals surface area contributed by atoms with E-state index >= 15 is 0 Å². The van der Waals surface area contributed by atoms with Crippen LogP contribution in [-0.2, 0) is 16.0 Å². The first kappa shape index (κ1) is 18.6. The lowest BCUT2D eigenvalue weighted by Crippen LogP contribution is -2.28. The van der Waals surface area contributed by atoms with Crippen LogP contribution in [0.15, 0.2) is 48.5 Å². The van der Waals surface area contributed by atoms with Gasteiger partial charge >= 0.3 is 0 Å². The maximum atomic E-state index is 12.7. The lowest BCUT2D eigenvalue weighted by molar-refractivity contribution is -0.122. The minimum absolute atomic E-state index is 0.00856. The van der Waals surface area contributed by atoms with Gasteiger partial charge in [0.15, 0.2) is 5.13 Å². The van der Waals surface area contributed by atoms with Crippen LogP contribution in [-0.4, -0.2) is 23.3 Å². The van der Waals surface area contributed by atoms with Crippen LogP contribution < -0.4 is 10.2 Å². The molecule has 6 heteroatoms. The van der Waals surface area contributed by atoms with Gasteiger partial charge in [0.25, 0.3) is 0 Å². The molecule has 1 N–H and O–H groups in total. The molecule has 2 aromatic carbocycles. The number of aromatic nitrogens is 1. The lowest BCUT2D eigenvalue weighted by Gasteiger charge is -2.17. The molecule has 0 bridgehead atoms. The molecule has 0 saturated carbocycles. The zero-order valence-corrected chi connectivity index (χ0v) is 16.7. The summed E-state index contributed by atoms with van der Waals surface area (Å²) in [5.74, 6) is -0.514. The van der Waals surface area contributed by atoms with Crippen LogP contribution in [0.3, 0.4) is 0 Å². The number of thiazole rings is 1. The van der Waals surface area contributed by atoms with Crippen LogP contribution in [0.4, 0.5) is 10.8 Å². The van der Waals surface area contributed by atoms with E-state index in [1.807, 2.05) is 36.4 Å². The zero-order valence-electron chi connectivity index (χ0n) is 15.9. The molecule has 144 valence electrons. The number of carbonyl (C=O) groups is 2. The molecule has 5 nitrogen and oxygen atoms in total. The number of para-hydroxylation sites is 1. The Morgan fingerprint density at radius 1 is 1.21 bits per heavy atom. The second kappa shape index (κ2) is 8.10. The predicted octanol–water partition coefficient (Wildman–Crippen LogP) is 4.63. The van der Waals surface area contributed by atoms with E-state index in [4.69, 9.17) is 0 Å². The van der Waals surface area contributed by atoms with Crippen molar-refractivity contribution in [2.45, 2.75) is 32.6 Å². The van der Waals surface area contributed by atoms with Crippen molar-refractivity contribution >= 4 is 44.2 Å². The molecule has 2 amide bonds. The number of carbonyl (C=O) groups excluding carboxylic acids is 2. The normalized spacial score (nSPS) is 16.7. The van der Waals surface area contributed by atoms with E-state index in [1.54, 1.807) is 4.90 Å². The van der Waals surface area contributed by atoms with Gasteiger partial charge in [-0.3, -0.25) is 9.59 Å². The molecule has 1 atom stereocenters. The Balaban J connectivity index is 1.41. The highest BCUT2D eigenvalue weighted by atomic mass is 32.1. The second-order valence-corrected chi connectivity index (χ2v) is 8.18. The number of nitrogens with zero attached hydrogens (tertiary/aromatic N) is 2. The molecule has 1 aromatic heterocycles. The number of benzene rings is 2. The highest BCUT2D eigenvalue weighted by molar-refractivity contribution is 7.22. The highest BCUT2D eigenvalue weighted by Crippen LogP contribution is 2.29. The fraction of sp³-hybridized carbons (Fsp3) is 0.318. The second-order valence-electron chi connectivity index (χ2n) is 7.15. The molecule has 1 fully saturated rings. The van der Waals surface area contributed by atoms with Crippen LogP contribution in [0, 0.1) is 5.92 Å². The summed E-state index contributed by atoms with van der Waals surface area (Å²) >= 11 is 1.45. The number of aryl methyl sites for hydroxylation is 1. The van der Waals surface area contributed by atoms with Crippen LogP contribution in [0.5, 0.6) is 0 Å². The summed E-state index contributed by atoms with van der Waals surface area (Å²) in [5, 5.41) is 3.47. The summed E-state index contributed by atoms with van der Waals surface area (Å²) in [6.45, 7) is 2.58. The predicted molar refractivity (Wildman–Crippen MR) is 114 cm³/mol. The van der Waals surface area contributed by atoms with Crippen LogP contribution in [0.25, 0.3) is 10.2 Å². The summed E-state index contributed by atoms with van der Waals surface area (Å²) in [7, 11) is 0. The number of anilines is 2. The van der Waals surface area contributed by atoms with Gasteiger partial charge in [-0.15, -0.1) is 0 Å². The fourth-order valence-corrected chi connectivity index (χ4v) is 4.36. The van der Waals surface area contributed by atoms with Crippen LogP contribution in [0.2, 0.25) is 0 Å². The standard InChI is InChI=1S/C22H23N3O2S/c1-2-3-6-15-9-11-17(12-10-15)25-14-16(13-20(25)26)21(27)24-22-23-18-7-4-5-8-19(18)28-22/h4-5,7-12,16H,2-3,6,13-14H2,1H3,(H,23,24,27). The molecule has 0 spiro atoms. The molecule has 0 aliphatic carbocycles. The number of rotatable bonds is 6. The van der Waals surface area contributed by atoms with Gasteiger partial charge in [0.2, 0.25) is 11.8 Å². The van der Waals surface area contributed by atoms with Crippen molar-refractivity contribution in [3.05, 3.63) is 54.1 Å². The Morgan fingerprint density at radius 3 is 2.75 bits per heavy atom. The average Bonchev–Trinajstić information content (AvgIpc) is 3.29. The number of hydrogen-bond acceptors (Lipinski definition) is 4. The van der Waals surface area contributed by atoms with E-state index in [1.165, 1.54) is 16.9 Å². The number of fused-ring (bicyclic) bond motifs is 1. The van der Waals surface area contributed by atoms with E-state index in [2.05, 4.69) is 29.4 Å². The lowest BCUT2D eigenvalue weighted by atomic mass is 10.1. The van der Waals surface area contributed by atoms with E-state index in [-0.39, 0.29) is 24.2 Å². The number of hydrogen-bond donors (Lipinski definition) is 1. The minimum Gasteiger partial charge on any atom is -0.312 e. The third-order valence-electron chi connectivity index (χ3n) is 5.09. The summed E-state index contributed by atoms with van der Waals surface area (Å²) in [5.41, 5.74) is 3.01. The van der Waals surface area contributed by atoms with Crippen molar-refractivity contribution in [3.63, 3.8) is 0 Å². The Morgan fingerprint density at radius 2 is 2.00 bits per heavy atom. The molecule has 3 aromatic rings. The number of nitrogens with one attached hydrogen (secondary N) is 1. The van der Waals surface area contributed by atoms with Crippen LogP contribution >= 0.6 is 11.3 Å². The van der Waals surface area contributed by atoms with Gasteiger partial charge in [0.1, 0.15) is 0 Å². The van der Waals surface area contributed by atoms with Gasteiger partial charge < -0.3 is 10.2 Å². The van der Waals surface area contributed by atoms with Gasteiger partial charge in [-0.05, 0) is 42.7 Å². The SMILES string of the molecule is CCCCc1ccc(N2CC(C(=O)Nc3nc4ccccc4s3)CC2=O)cc1. The molecule has 28 heavy (non-hydrogen) atoms. The zero-order chi connectivity index (χ0) is 19.5. The van der Waals surface area contributed by atoms with Gasteiger partial charge in [0, 0.05) is 18.7 Å². The fourth-order valence-electron chi connectivity index (χ4n) is 3.49. The molecule has 0 radical (unpaired) electrons. The van der Waals surface area contributed by atoms with Crippen molar-refractivity contribution in [1.82, 2.24) is 4.98 Å². The molecule has 2 heterocycles. The molecule has 1 unspecified atom stereocenters. The molecule has 1 saturated heterocycles. The van der Waals surface area contributed by atoms with E-state index in [0.717, 1.165) is 35.2 Å². The molecular formula is C22H23N3O2S. The summed E-state index contributed by atoms with van der Waals surface area (Å²) in [6.07, 6.45) is 3.61. The third-order valence-corrected chi connectivity index (χ3v) is 6.04. The van der Waals surface area contributed by atoms with E-state index in [9.17, 15) is 9.59 Å². The maximum Gasteiger partial charge on any atom is 0.231 e. The number of unbranched alkanes of at least 4 members (excludes halogenated alkanes) is 1. The first-order valence-corrected chi connectivity index (χ1v) is 10.5. The van der Waals surface area contributed by atoms with Crippen molar-refractivity contribution in [2.75, 3.05) is 16.8 Å². The van der Waals surface area contributed by atoms with Gasteiger partial charge in [-0.25, -0.2) is 4.98 Å². The van der Waals surface area contributed by atoms with Gasteiger partial charge in [0.05, 0.1) is 16.1 Å². The monoisotopic (exact) mass is 393 g/mol. The third kappa shape index (κ3) is 3.92. The quantitative estimate of drug-likeness (QED) is 0.664. The highest BCUT2D eigenvalue weighted by Gasteiger charge is 2.35. The summed E-state index contributed by atoms with van der Waals surface area (Å²) in [4.78, 5) is 31.3. The average molecular weight is 394 g/mol. The van der Waals surface area contributed by atoms with Crippen LogP contribution in [0.1, 0.15) is 31.7 Å². The molecule has 1 aliphatic rings. The summed E-state index contributed by atoms with van der Waals surface area (Å²) in [6, 6.07) is 15.9. The maximum absolute atomic E-state index is 12.7. The molecular weight excluding hydrogens is 370 g/mol. The smallest absolute Gasteiger partial charge is 0.231 e. The first-order chi connectivity index (χ1) is 13.6. The first-order valence-electron chi connectivity index (χ1n) is 9.70. The van der Waals surface area contributed by atoms with Gasteiger partial charge in [-0.2, -0.15) is 0 Å². The van der Waals surface area contributed by atoms with Crippen molar-refractivity contribution in [1.29, 1.82) is 0 Å². The molecule has 4 rings (SSSR count). The van der Waals surface area contributed by atoms with Crippen molar-refractivity contribution in [3.8, 4) is 0 Å². The number of amides is 2. The van der Waals surface area contributed by atoms with E-state index in [0.29, 0.717) is 11.7 Å². The Kier molecular flexibility index (Phi) is 5.39. The van der Waals surface area contributed by atoms with Gasteiger partial charge in [-0.1, -0.05) is 48.9 Å². The van der Waals surface area contributed by atoms with Crippen molar-refractivity contribution < 1.29 is 9.59 Å². The molecule has 1 aliphatic heterocycles. The summed E-state index contributed by atoms with van der Waals surface area (Å²) < 4.78 is 1.03. The van der Waals surface area contributed by atoms with E-state index < -0.39 is 0 Å². The Hall–Kier alpha value is -2.73.